The molecule has 0 saturated carbocycles. The molecule has 3 aromatic rings. The van der Waals surface area contributed by atoms with Crippen LogP contribution in [0.25, 0.3) is 0 Å². The molecular weight excluding hydrogens is 514 g/mol. The summed E-state index contributed by atoms with van der Waals surface area (Å²) in [6.45, 7) is 4.45. The Labute approximate surface area is 221 Å². The molecule has 0 spiro atoms. The van der Waals surface area contributed by atoms with Gasteiger partial charge in [0, 0.05) is 38.3 Å². The molecule has 0 radical (unpaired) electrons. The highest BCUT2D eigenvalue weighted by atomic mass is 35.5. The molecule has 37 heavy (non-hydrogen) atoms. The molecule has 1 amide bonds. The average molecular weight is 542 g/mol. The molecular formula is C27H28ClN3O5S. The third kappa shape index (κ3) is 6.37. The van der Waals surface area contributed by atoms with Gasteiger partial charge in [-0.1, -0.05) is 41.4 Å². The van der Waals surface area contributed by atoms with Crippen molar-refractivity contribution in [3.63, 3.8) is 0 Å². The van der Waals surface area contributed by atoms with Crippen molar-refractivity contribution in [2.24, 2.45) is 0 Å². The Morgan fingerprint density at radius 2 is 1.65 bits per heavy atom. The predicted molar refractivity (Wildman–Crippen MR) is 142 cm³/mol. The number of nitrogens with one attached hydrogen (secondary N) is 1. The first-order valence-electron chi connectivity index (χ1n) is 11.7. The number of methoxy groups -OCH3 is 1. The maximum atomic E-state index is 13.0. The summed E-state index contributed by atoms with van der Waals surface area (Å²) in [6.07, 6.45) is 0. The SMILES string of the molecule is COC(=O)c1ccc(Cl)c(NC(=O)c2cccc(CN3CCN(S(=O)(=O)c4ccc(C)cc4)CC3)c2)c1. The Bertz CT molecular complexity index is 1400. The van der Waals surface area contributed by atoms with E-state index in [0.29, 0.717) is 53.9 Å². The number of anilines is 1. The Balaban J connectivity index is 1.38. The summed E-state index contributed by atoms with van der Waals surface area (Å²) in [4.78, 5) is 27.2. The highest BCUT2D eigenvalue weighted by molar-refractivity contribution is 7.89. The number of ether oxygens (including phenoxy) is 1. The molecule has 1 aliphatic heterocycles. The largest absolute Gasteiger partial charge is 0.465 e. The fourth-order valence-electron chi connectivity index (χ4n) is 4.12. The van der Waals surface area contributed by atoms with E-state index in [0.717, 1.165) is 11.1 Å². The van der Waals surface area contributed by atoms with Gasteiger partial charge in [-0.15, -0.1) is 0 Å². The summed E-state index contributed by atoms with van der Waals surface area (Å²) in [5.41, 5.74) is 2.97. The summed E-state index contributed by atoms with van der Waals surface area (Å²) in [5.74, 6) is -0.888. The molecule has 1 saturated heterocycles. The molecule has 0 aromatic heterocycles. The maximum Gasteiger partial charge on any atom is 0.337 e. The second kappa shape index (κ2) is 11.4. The predicted octanol–water partition coefficient (Wildman–Crippen LogP) is 4.19. The fraction of sp³-hybridized carbons (Fsp3) is 0.259. The van der Waals surface area contributed by atoms with Crippen LogP contribution in [0.3, 0.4) is 0 Å². The number of hydrogen-bond acceptors (Lipinski definition) is 6. The Morgan fingerprint density at radius 3 is 2.32 bits per heavy atom. The number of carbonyl (C=O) groups is 2. The number of hydrogen-bond donors (Lipinski definition) is 1. The minimum atomic E-state index is -3.52. The van der Waals surface area contributed by atoms with Gasteiger partial charge in [0.25, 0.3) is 5.91 Å². The van der Waals surface area contributed by atoms with Crippen LogP contribution in [0, 0.1) is 6.92 Å². The van der Waals surface area contributed by atoms with E-state index in [-0.39, 0.29) is 11.5 Å². The van der Waals surface area contributed by atoms with Crippen molar-refractivity contribution in [1.82, 2.24) is 9.21 Å². The standard InChI is InChI=1S/C27H28ClN3O5S/c1-19-6-9-23(10-7-19)37(34,35)31-14-12-30(13-15-31)18-20-4-3-5-21(16-20)26(32)29-25-17-22(27(33)36-2)8-11-24(25)28/h3-11,16-17H,12-15,18H2,1-2H3,(H,29,32). The monoisotopic (exact) mass is 541 g/mol. The van der Waals surface area contributed by atoms with Crippen LogP contribution in [0.2, 0.25) is 5.02 Å². The fourth-order valence-corrected chi connectivity index (χ4v) is 5.70. The van der Waals surface area contributed by atoms with E-state index in [4.69, 9.17) is 16.3 Å². The molecule has 3 aromatic carbocycles. The molecule has 0 bridgehead atoms. The number of carbonyl (C=O) groups excluding carboxylic acids is 2. The Morgan fingerprint density at radius 1 is 0.946 bits per heavy atom. The first kappa shape index (κ1) is 26.8. The van der Waals surface area contributed by atoms with E-state index in [1.165, 1.54) is 29.6 Å². The number of benzene rings is 3. The first-order valence-corrected chi connectivity index (χ1v) is 13.6. The molecule has 0 aliphatic carbocycles. The number of sulfonamides is 1. The molecule has 1 heterocycles. The van der Waals surface area contributed by atoms with Crippen LogP contribution in [0.1, 0.15) is 31.8 Å². The van der Waals surface area contributed by atoms with Crippen molar-refractivity contribution in [2.75, 3.05) is 38.6 Å². The summed E-state index contributed by atoms with van der Waals surface area (Å²) in [5, 5.41) is 3.05. The van der Waals surface area contributed by atoms with E-state index in [2.05, 4.69) is 10.2 Å². The minimum Gasteiger partial charge on any atom is -0.465 e. The van der Waals surface area contributed by atoms with Crippen molar-refractivity contribution in [3.05, 3.63) is 94.0 Å². The van der Waals surface area contributed by atoms with Crippen molar-refractivity contribution in [1.29, 1.82) is 0 Å². The highest BCUT2D eigenvalue weighted by Crippen LogP contribution is 2.25. The number of piperazine rings is 1. The van der Waals surface area contributed by atoms with Gasteiger partial charge in [0.1, 0.15) is 0 Å². The number of halogens is 1. The number of esters is 1. The number of rotatable bonds is 7. The van der Waals surface area contributed by atoms with E-state index < -0.39 is 16.0 Å². The van der Waals surface area contributed by atoms with Crippen LogP contribution in [0.5, 0.6) is 0 Å². The van der Waals surface area contributed by atoms with Crippen LogP contribution in [-0.4, -0.2) is 62.8 Å². The van der Waals surface area contributed by atoms with Crippen LogP contribution >= 0.6 is 11.6 Å². The van der Waals surface area contributed by atoms with Gasteiger partial charge in [0.05, 0.1) is 28.3 Å². The van der Waals surface area contributed by atoms with Crippen LogP contribution < -0.4 is 5.32 Å². The molecule has 0 atom stereocenters. The van der Waals surface area contributed by atoms with Gasteiger partial charge in [0.2, 0.25) is 10.0 Å². The topological polar surface area (TPSA) is 96.0 Å². The number of nitrogens with zero attached hydrogens (tertiary/aromatic N) is 2. The maximum absolute atomic E-state index is 13.0. The Hall–Kier alpha value is -3.24. The van der Waals surface area contributed by atoms with Crippen LogP contribution in [0.15, 0.2) is 71.6 Å². The summed E-state index contributed by atoms with van der Waals surface area (Å²) in [6, 6.07) is 18.6. The van der Waals surface area contributed by atoms with Gasteiger partial charge in [-0.3, -0.25) is 9.69 Å². The number of aryl methyl sites for hydroxylation is 1. The average Bonchev–Trinajstić information content (AvgIpc) is 2.90. The van der Waals surface area contributed by atoms with Gasteiger partial charge in [-0.2, -0.15) is 4.31 Å². The van der Waals surface area contributed by atoms with E-state index in [1.807, 2.05) is 13.0 Å². The quantitative estimate of drug-likeness (QED) is 0.451. The molecule has 10 heteroatoms. The molecule has 0 unspecified atom stereocenters. The minimum absolute atomic E-state index is 0.277. The normalized spacial score (nSPS) is 14.8. The van der Waals surface area contributed by atoms with Crippen LogP contribution in [0.4, 0.5) is 5.69 Å². The zero-order valence-electron chi connectivity index (χ0n) is 20.6. The van der Waals surface area contributed by atoms with Gasteiger partial charge < -0.3 is 10.1 Å². The third-order valence-corrected chi connectivity index (χ3v) is 8.46. The summed E-state index contributed by atoms with van der Waals surface area (Å²) in [7, 11) is -2.24. The van der Waals surface area contributed by atoms with E-state index in [1.54, 1.807) is 42.5 Å². The lowest BCUT2D eigenvalue weighted by atomic mass is 10.1. The third-order valence-electron chi connectivity index (χ3n) is 6.22. The van der Waals surface area contributed by atoms with Gasteiger partial charge in [0.15, 0.2) is 0 Å². The molecule has 8 nitrogen and oxygen atoms in total. The number of amides is 1. The van der Waals surface area contributed by atoms with Crippen molar-refractivity contribution < 1.29 is 22.7 Å². The molecule has 1 N–H and O–H groups in total. The lowest BCUT2D eigenvalue weighted by Crippen LogP contribution is -2.48. The van der Waals surface area contributed by atoms with Gasteiger partial charge in [-0.25, -0.2) is 13.2 Å². The zero-order valence-corrected chi connectivity index (χ0v) is 22.2. The van der Waals surface area contributed by atoms with E-state index >= 15 is 0 Å². The van der Waals surface area contributed by atoms with Crippen LogP contribution in [-0.2, 0) is 21.3 Å². The lowest BCUT2D eigenvalue weighted by molar-refractivity contribution is 0.0600. The zero-order chi connectivity index (χ0) is 26.6. The van der Waals surface area contributed by atoms with E-state index in [9.17, 15) is 18.0 Å². The molecule has 1 fully saturated rings. The highest BCUT2D eigenvalue weighted by Gasteiger charge is 2.28. The smallest absolute Gasteiger partial charge is 0.337 e. The van der Waals surface area contributed by atoms with Gasteiger partial charge in [-0.05, 0) is 55.0 Å². The summed E-state index contributed by atoms with van der Waals surface area (Å²) >= 11 is 6.21. The first-order chi connectivity index (χ1) is 17.7. The second-order valence-corrected chi connectivity index (χ2v) is 11.2. The van der Waals surface area contributed by atoms with Crippen molar-refractivity contribution in [3.8, 4) is 0 Å². The molecule has 4 rings (SSSR count). The second-order valence-electron chi connectivity index (χ2n) is 8.83. The van der Waals surface area contributed by atoms with Gasteiger partial charge >= 0.3 is 5.97 Å². The Kier molecular flexibility index (Phi) is 8.29. The molecule has 1 aliphatic rings. The summed E-state index contributed by atoms with van der Waals surface area (Å²) < 4.78 is 32.2. The van der Waals surface area contributed by atoms with Crippen molar-refractivity contribution in [2.45, 2.75) is 18.4 Å². The lowest BCUT2D eigenvalue weighted by Gasteiger charge is -2.34. The molecule has 194 valence electrons. The van der Waals surface area contributed by atoms with Crippen molar-refractivity contribution >= 4 is 39.2 Å².